The van der Waals surface area contributed by atoms with E-state index in [0.717, 1.165) is 22.6 Å². The highest BCUT2D eigenvalue weighted by Crippen LogP contribution is 2.36. The zero-order chi connectivity index (χ0) is 26.9. The summed E-state index contributed by atoms with van der Waals surface area (Å²) in [5.74, 6) is 0. The van der Waals surface area contributed by atoms with E-state index in [4.69, 9.17) is 5.26 Å². The molecular weight excluding hydrogens is 476 g/mol. The number of carbonyl (C=O) groups is 1. The van der Waals surface area contributed by atoms with Crippen LogP contribution in [0.15, 0.2) is 151 Å². The summed E-state index contributed by atoms with van der Waals surface area (Å²) in [4.78, 5) is 13.1. The Hall–Kier alpha value is -5.46. The molecule has 5 rings (SSSR count). The lowest BCUT2D eigenvalue weighted by molar-refractivity contribution is -0.104. The summed E-state index contributed by atoms with van der Waals surface area (Å²) >= 11 is 0. The summed E-state index contributed by atoms with van der Waals surface area (Å²) in [5, 5.41) is 8.91. The third-order valence-corrected chi connectivity index (χ3v) is 6.44. The van der Waals surface area contributed by atoms with Crippen LogP contribution in [0.2, 0.25) is 0 Å². The van der Waals surface area contributed by atoms with E-state index in [1.807, 2.05) is 36.4 Å². The van der Waals surface area contributed by atoms with E-state index in [-0.39, 0.29) is 5.57 Å². The Morgan fingerprint density at radius 3 is 1.38 bits per heavy atom. The Bertz CT molecular complexity index is 1540. The van der Waals surface area contributed by atoms with Crippen LogP contribution in [0.1, 0.15) is 5.56 Å². The Morgan fingerprint density at radius 2 is 0.974 bits per heavy atom. The highest BCUT2D eigenvalue weighted by atomic mass is 16.1. The molecule has 0 aliphatic heterocycles. The molecule has 0 amide bonds. The fourth-order valence-electron chi connectivity index (χ4n) is 4.41. The van der Waals surface area contributed by atoms with Gasteiger partial charge in [-0.2, -0.15) is 5.26 Å². The molecule has 0 fully saturated rings. The SMILES string of the molecule is N#C/C(C=O)=C\C=C\c1ccc(N(c2ccc(-c3ccccc3)cc2)c2ccc(-c3ccccc3)cc2)cc1. The predicted molar refractivity (Wildman–Crippen MR) is 161 cm³/mol. The molecule has 0 aliphatic rings. The molecule has 3 nitrogen and oxygen atoms in total. The monoisotopic (exact) mass is 502 g/mol. The zero-order valence-corrected chi connectivity index (χ0v) is 21.3. The molecule has 186 valence electrons. The van der Waals surface area contributed by atoms with Gasteiger partial charge in [-0.25, -0.2) is 0 Å². The van der Waals surface area contributed by atoms with E-state index >= 15 is 0 Å². The standard InChI is InChI=1S/C36H26N2O/c37-26-29(27-39)9-7-8-28-14-20-34(21-15-28)38(35-22-16-32(17-23-35)30-10-3-1-4-11-30)36-24-18-33(19-25-36)31-12-5-2-6-13-31/h1-25,27H/b8-7+,29-9+. The lowest BCUT2D eigenvalue weighted by Crippen LogP contribution is -2.09. The minimum absolute atomic E-state index is 0.0898. The fraction of sp³-hybridized carbons (Fsp3) is 0. The van der Waals surface area contributed by atoms with Crippen molar-refractivity contribution >= 4 is 29.4 Å². The second kappa shape index (κ2) is 12.2. The third-order valence-electron chi connectivity index (χ3n) is 6.44. The van der Waals surface area contributed by atoms with Crippen LogP contribution in [0.25, 0.3) is 28.3 Å². The first-order valence-electron chi connectivity index (χ1n) is 12.7. The van der Waals surface area contributed by atoms with Crippen molar-refractivity contribution in [2.45, 2.75) is 0 Å². The number of hydrogen-bond acceptors (Lipinski definition) is 3. The average Bonchev–Trinajstić information content (AvgIpc) is 3.02. The molecule has 5 aromatic rings. The normalized spacial score (nSPS) is 11.2. The van der Waals surface area contributed by atoms with Gasteiger partial charge in [0.05, 0.1) is 5.57 Å². The molecule has 0 N–H and O–H groups in total. The first-order valence-corrected chi connectivity index (χ1v) is 12.7. The minimum atomic E-state index is 0.0898. The van der Waals surface area contributed by atoms with Gasteiger partial charge < -0.3 is 4.90 Å². The Kier molecular flexibility index (Phi) is 7.87. The summed E-state index contributed by atoms with van der Waals surface area (Å²) < 4.78 is 0. The number of aldehydes is 1. The number of hydrogen-bond donors (Lipinski definition) is 0. The first kappa shape index (κ1) is 25.2. The second-order valence-electron chi connectivity index (χ2n) is 8.96. The van der Waals surface area contributed by atoms with Crippen LogP contribution in [-0.4, -0.2) is 6.29 Å². The van der Waals surface area contributed by atoms with Gasteiger partial charge >= 0.3 is 0 Å². The van der Waals surface area contributed by atoms with Crippen LogP contribution < -0.4 is 4.90 Å². The summed E-state index contributed by atoms with van der Waals surface area (Å²) in [6, 6.07) is 48.0. The van der Waals surface area contributed by atoms with Gasteiger partial charge in [0.15, 0.2) is 6.29 Å². The van der Waals surface area contributed by atoms with E-state index in [9.17, 15) is 4.79 Å². The molecule has 0 spiro atoms. The van der Waals surface area contributed by atoms with Gasteiger partial charge in [0.2, 0.25) is 0 Å². The van der Waals surface area contributed by atoms with Gasteiger partial charge in [0.1, 0.15) is 6.07 Å². The van der Waals surface area contributed by atoms with Crippen LogP contribution in [0.3, 0.4) is 0 Å². The largest absolute Gasteiger partial charge is 0.311 e. The van der Waals surface area contributed by atoms with Gasteiger partial charge in [-0.1, -0.05) is 109 Å². The molecule has 3 heteroatoms. The van der Waals surface area contributed by atoms with E-state index in [1.54, 1.807) is 6.08 Å². The van der Waals surface area contributed by atoms with E-state index < -0.39 is 0 Å². The Balaban J connectivity index is 1.49. The van der Waals surface area contributed by atoms with Crippen molar-refractivity contribution in [3.05, 3.63) is 157 Å². The van der Waals surface area contributed by atoms with Gasteiger partial charge in [-0.05, 0) is 70.3 Å². The number of anilines is 3. The van der Waals surface area contributed by atoms with E-state index in [0.29, 0.717) is 6.29 Å². The Morgan fingerprint density at radius 1 is 0.564 bits per heavy atom. The zero-order valence-electron chi connectivity index (χ0n) is 21.3. The molecule has 0 bridgehead atoms. The number of allylic oxidation sites excluding steroid dienone is 3. The van der Waals surface area contributed by atoms with Crippen molar-refractivity contribution in [2.75, 3.05) is 4.90 Å². The molecule has 5 aromatic carbocycles. The van der Waals surface area contributed by atoms with Crippen LogP contribution in [-0.2, 0) is 4.79 Å². The second-order valence-corrected chi connectivity index (χ2v) is 8.96. The number of nitrogens with zero attached hydrogens (tertiary/aromatic N) is 2. The van der Waals surface area contributed by atoms with Crippen molar-refractivity contribution in [1.82, 2.24) is 0 Å². The van der Waals surface area contributed by atoms with Crippen molar-refractivity contribution in [2.24, 2.45) is 0 Å². The molecule has 0 aromatic heterocycles. The fourth-order valence-corrected chi connectivity index (χ4v) is 4.41. The van der Waals surface area contributed by atoms with Crippen molar-refractivity contribution < 1.29 is 4.79 Å². The number of nitriles is 1. The third kappa shape index (κ3) is 6.10. The van der Waals surface area contributed by atoms with Gasteiger partial charge in [0.25, 0.3) is 0 Å². The van der Waals surface area contributed by atoms with Crippen molar-refractivity contribution in [3.8, 4) is 28.3 Å². The summed E-state index contributed by atoms with van der Waals surface area (Å²) in [6.45, 7) is 0. The van der Waals surface area contributed by atoms with Crippen molar-refractivity contribution in [1.29, 1.82) is 5.26 Å². The summed E-state index contributed by atoms with van der Waals surface area (Å²) in [7, 11) is 0. The van der Waals surface area contributed by atoms with Crippen LogP contribution in [0.4, 0.5) is 17.1 Å². The molecule has 0 saturated heterocycles. The molecule has 0 radical (unpaired) electrons. The number of benzene rings is 5. The smallest absolute Gasteiger partial charge is 0.160 e. The summed E-state index contributed by atoms with van der Waals surface area (Å²) in [6.07, 6.45) is 5.65. The lowest BCUT2D eigenvalue weighted by Gasteiger charge is -2.26. The predicted octanol–water partition coefficient (Wildman–Crippen LogP) is 9.15. The van der Waals surface area contributed by atoms with E-state index in [2.05, 4.69) is 114 Å². The molecule has 0 atom stereocenters. The summed E-state index contributed by atoms with van der Waals surface area (Å²) in [5.41, 5.74) is 8.89. The number of carbonyl (C=O) groups excluding carboxylic acids is 1. The molecule has 0 saturated carbocycles. The highest BCUT2D eigenvalue weighted by Gasteiger charge is 2.13. The minimum Gasteiger partial charge on any atom is -0.311 e. The lowest BCUT2D eigenvalue weighted by atomic mass is 10.0. The molecule has 0 unspecified atom stereocenters. The maximum atomic E-state index is 10.8. The van der Waals surface area contributed by atoms with Crippen LogP contribution in [0.5, 0.6) is 0 Å². The molecular formula is C36H26N2O. The molecule has 0 aliphatic carbocycles. The van der Waals surface area contributed by atoms with Crippen molar-refractivity contribution in [3.63, 3.8) is 0 Å². The quantitative estimate of drug-likeness (QED) is 0.0919. The van der Waals surface area contributed by atoms with E-state index in [1.165, 1.54) is 28.3 Å². The van der Waals surface area contributed by atoms with Crippen LogP contribution in [0, 0.1) is 11.3 Å². The number of rotatable bonds is 8. The topological polar surface area (TPSA) is 44.1 Å². The first-order chi connectivity index (χ1) is 19.2. The van der Waals surface area contributed by atoms with Crippen LogP contribution >= 0.6 is 0 Å². The van der Waals surface area contributed by atoms with Gasteiger partial charge in [-0.3, -0.25) is 4.79 Å². The molecule has 0 heterocycles. The average molecular weight is 503 g/mol. The van der Waals surface area contributed by atoms with Gasteiger partial charge in [0, 0.05) is 17.1 Å². The maximum Gasteiger partial charge on any atom is 0.160 e. The molecule has 39 heavy (non-hydrogen) atoms. The highest BCUT2D eigenvalue weighted by molar-refractivity contribution is 5.81. The maximum absolute atomic E-state index is 10.8. The Labute approximate surface area is 229 Å². The van der Waals surface area contributed by atoms with Gasteiger partial charge in [-0.15, -0.1) is 0 Å².